The van der Waals surface area contributed by atoms with Gasteiger partial charge in [-0.25, -0.2) is 18.7 Å². The highest BCUT2D eigenvalue weighted by Gasteiger charge is 2.25. The number of hydrogen-bond acceptors (Lipinski definition) is 5. The van der Waals surface area contributed by atoms with Crippen LogP contribution in [0.2, 0.25) is 0 Å². The molecule has 1 atom stereocenters. The number of nitro benzene ring substituents is 1. The fourth-order valence-corrected chi connectivity index (χ4v) is 2.79. The number of para-hydroxylation sites is 1. The Morgan fingerprint density at radius 2 is 1.96 bits per heavy atom. The van der Waals surface area contributed by atoms with Gasteiger partial charge in [0, 0.05) is 18.6 Å². The summed E-state index contributed by atoms with van der Waals surface area (Å²) in [6.45, 7) is 0. The number of halogens is 2. The number of nitro groups is 1. The Morgan fingerprint density at radius 3 is 2.70 bits per heavy atom. The molecule has 3 aromatic rings. The van der Waals surface area contributed by atoms with E-state index >= 15 is 0 Å². The number of fused-ring (bicyclic) bond motifs is 1. The molecule has 0 N–H and O–H groups in total. The van der Waals surface area contributed by atoms with Crippen LogP contribution in [-0.2, 0) is 0 Å². The molecule has 6 nitrogen and oxygen atoms in total. The minimum Gasteiger partial charge on any atom is -0.258 e. The first kappa shape index (κ1) is 18.3. The Morgan fingerprint density at radius 1 is 1.19 bits per heavy atom. The number of rotatable bonds is 6. The standard InChI is InChI=1S/C19H14F2N4O2/c20-12-8-9-15-16(11-12)24-18(13-5-1-2-7-17(13)25(26)27)19(23-15)14(21)6-3-4-10-22/h1-2,5,7-9,11,14H,3-4,6H2. The van der Waals surface area contributed by atoms with Gasteiger partial charge in [0.25, 0.3) is 5.69 Å². The maximum atomic E-state index is 14.9. The zero-order valence-corrected chi connectivity index (χ0v) is 14.1. The first-order valence-electron chi connectivity index (χ1n) is 8.23. The van der Waals surface area contributed by atoms with Crippen LogP contribution in [0.25, 0.3) is 22.3 Å². The Hall–Kier alpha value is -3.47. The summed E-state index contributed by atoms with van der Waals surface area (Å²) in [7, 11) is 0. The predicted molar refractivity (Wildman–Crippen MR) is 94.9 cm³/mol. The zero-order chi connectivity index (χ0) is 19.4. The average Bonchev–Trinajstić information content (AvgIpc) is 2.67. The maximum absolute atomic E-state index is 14.9. The van der Waals surface area contributed by atoms with Crippen molar-refractivity contribution < 1.29 is 13.7 Å². The molecule has 0 aliphatic heterocycles. The lowest BCUT2D eigenvalue weighted by molar-refractivity contribution is -0.384. The fraction of sp³-hybridized carbons (Fsp3) is 0.211. The summed E-state index contributed by atoms with van der Waals surface area (Å²) in [5.74, 6) is -0.538. The monoisotopic (exact) mass is 368 g/mol. The van der Waals surface area contributed by atoms with E-state index in [1.165, 1.54) is 30.3 Å². The van der Waals surface area contributed by atoms with Gasteiger partial charge in [-0.2, -0.15) is 5.26 Å². The highest BCUT2D eigenvalue weighted by atomic mass is 19.1. The summed E-state index contributed by atoms with van der Waals surface area (Å²) < 4.78 is 28.5. The topological polar surface area (TPSA) is 92.7 Å². The third kappa shape index (κ3) is 3.87. The molecule has 1 unspecified atom stereocenters. The maximum Gasteiger partial charge on any atom is 0.278 e. The SMILES string of the molecule is N#CCCCC(F)c1nc2ccc(F)cc2nc1-c1ccccc1[N+](=O)[O-]. The van der Waals surface area contributed by atoms with Crippen LogP contribution >= 0.6 is 0 Å². The molecular formula is C19H14F2N4O2. The lowest BCUT2D eigenvalue weighted by Gasteiger charge is -2.13. The van der Waals surface area contributed by atoms with E-state index in [2.05, 4.69) is 9.97 Å². The minimum atomic E-state index is -1.56. The molecule has 0 aliphatic carbocycles. The van der Waals surface area contributed by atoms with Gasteiger partial charge in [-0.15, -0.1) is 0 Å². The number of benzene rings is 2. The molecule has 0 bridgehead atoms. The number of aromatic nitrogens is 2. The van der Waals surface area contributed by atoms with Crippen molar-refractivity contribution in [3.63, 3.8) is 0 Å². The molecule has 27 heavy (non-hydrogen) atoms. The molecule has 3 rings (SSSR count). The predicted octanol–water partition coefficient (Wildman–Crippen LogP) is 5.05. The first-order chi connectivity index (χ1) is 13.0. The Kier molecular flexibility index (Phi) is 5.31. The Labute approximate surface area is 153 Å². The molecule has 0 fully saturated rings. The van der Waals surface area contributed by atoms with Crippen LogP contribution in [0.4, 0.5) is 14.5 Å². The molecule has 0 radical (unpaired) electrons. The second kappa shape index (κ2) is 7.83. The molecule has 2 aromatic carbocycles. The van der Waals surface area contributed by atoms with Gasteiger partial charge in [0.05, 0.1) is 27.6 Å². The van der Waals surface area contributed by atoms with Crippen molar-refractivity contribution in [2.45, 2.75) is 25.4 Å². The smallest absolute Gasteiger partial charge is 0.258 e. The molecule has 0 saturated carbocycles. The summed E-state index contributed by atoms with van der Waals surface area (Å²) in [5.41, 5.74) is 0.283. The molecule has 1 aromatic heterocycles. The quantitative estimate of drug-likeness (QED) is 0.345. The van der Waals surface area contributed by atoms with Crippen LogP contribution < -0.4 is 0 Å². The van der Waals surface area contributed by atoms with E-state index in [0.717, 1.165) is 6.07 Å². The minimum absolute atomic E-state index is 0.00450. The fourth-order valence-electron chi connectivity index (χ4n) is 2.79. The molecule has 0 aliphatic rings. The number of alkyl halides is 1. The van der Waals surface area contributed by atoms with Crippen LogP contribution in [0.5, 0.6) is 0 Å². The van der Waals surface area contributed by atoms with Crippen molar-refractivity contribution in [2.24, 2.45) is 0 Å². The normalized spacial score (nSPS) is 11.9. The number of nitriles is 1. The molecule has 8 heteroatoms. The van der Waals surface area contributed by atoms with Gasteiger partial charge < -0.3 is 0 Å². The molecule has 0 saturated heterocycles. The lowest BCUT2D eigenvalue weighted by Crippen LogP contribution is -2.04. The van der Waals surface area contributed by atoms with Crippen LogP contribution in [0.15, 0.2) is 42.5 Å². The first-order valence-corrected chi connectivity index (χ1v) is 8.23. The summed E-state index contributed by atoms with van der Waals surface area (Å²) in [5, 5.41) is 20.0. The number of unbranched alkanes of at least 4 members (excludes halogenated alkanes) is 1. The number of nitrogens with zero attached hydrogens (tertiary/aromatic N) is 4. The van der Waals surface area contributed by atoms with Crippen molar-refractivity contribution >= 4 is 16.7 Å². The van der Waals surface area contributed by atoms with Gasteiger partial charge in [-0.1, -0.05) is 12.1 Å². The van der Waals surface area contributed by atoms with Gasteiger partial charge >= 0.3 is 0 Å². The largest absolute Gasteiger partial charge is 0.278 e. The van der Waals surface area contributed by atoms with Gasteiger partial charge in [0.2, 0.25) is 0 Å². The molecule has 136 valence electrons. The van der Waals surface area contributed by atoms with Gasteiger partial charge in [0.15, 0.2) is 0 Å². The molecule has 1 heterocycles. The number of hydrogen-bond donors (Lipinski definition) is 0. The van der Waals surface area contributed by atoms with Gasteiger partial charge in [0.1, 0.15) is 23.4 Å². The molecular weight excluding hydrogens is 354 g/mol. The highest BCUT2D eigenvalue weighted by Crippen LogP contribution is 2.36. The highest BCUT2D eigenvalue weighted by molar-refractivity contribution is 5.81. The van der Waals surface area contributed by atoms with Crippen molar-refractivity contribution in [3.8, 4) is 17.3 Å². The van der Waals surface area contributed by atoms with E-state index in [9.17, 15) is 18.9 Å². The van der Waals surface area contributed by atoms with E-state index in [-0.39, 0.29) is 46.5 Å². The summed E-state index contributed by atoms with van der Waals surface area (Å²) >= 11 is 0. The van der Waals surface area contributed by atoms with Crippen LogP contribution in [0.1, 0.15) is 31.1 Å². The lowest BCUT2D eigenvalue weighted by atomic mass is 10.0. The third-order valence-electron chi connectivity index (χ3n) is 4.05. The van der Waals surface area contributed by atoms with Crippen molar-refractivity contribution in [1.82, 2.24) is 9.97 Å². The summed E-state index contributed by atoms with van der Waals surface area (Å²) in [6.07, 6.45) is -1.03. The van der Waals surface area contributed by atoms with E-state index in [1.54, 1.807) is 6.07 Å². The second-order valence-corrected chi connectivity index (χ2v) is 5.88. The van der Waals surface area contributed by atoms with Crippen LogP contribution in [0.3, 0.4) is 0 Å². The van der Waals surface area contributed by atoms with Crippen molar-refractivity contribution in [2.75, 3.05) is 0 Å². The van der Waals surface area contributed by atoms with E-state index in [4.69, 9.17) is 5.26 Å². The van der Waals surface area contributed by atoms with Crippen molar-refractivity contribution in [1.29, 1.82) is 5.26 Å². The van der Waals surface area contributed by atoms with E-state index in [0.29, 0.717) is 6.42 Å². The molecule has 0 amide bonds. The van der Waals surface area contributed by atoms with Crippen LogP contribution in [0, 0.1) is 27.3 Å². The Bertz CT molecular complexity index is 1050. The van der Waals surface area contributed by atoms with E-state index in [1.807, 2.05) is 6.07 Å². The van der Waals surface area contributed by atoms with Gasteiger partial charge in [-0.3, -0.25) is 10.1 Å². The molecule has 0 spiro atoms. The van der Waals surface area contributed by atoms with Crippen molar-refractivity contribution in [3.05, 3.63) is 64.1 Å². The average molecular weight is 368 g/mol. The van der Waals surface area contributed by atoms with Gasteiger partial charge in [-0.05, 0) is 31.0 Å². The Balaban J connectivity index is 2.21. The summed E-state index contributed by atoms with van der Waals surface area (Å²) in [6, 6.07) is 11.5. The summed E-state index contributed by atoms with van der Waals surface area (Å²) in [4.78, 5) is 19.3. The zero-order valence-electron chi connectivity index (χ0n) is 14.1. The second-order valence-electron chi connectivity index (χ2n) is 5.88. The third-order valence-corrected chi connectivity index (χ3v) is 4.05. The van der Waals surface area contributed by atoms with E-state index < -0.39 is 16.9 Å². The van der Waals surface area contributed by atoms with Crippen LogP contribution in [-0.4, -0.2) is 14.9 Å².